The number of piperazine rings is 1. The molecule has 12 nitrogen and oxygen atoms in total. The van der Waals surface area contributed by atoms with Crippen molar-refractivity contribution in [2.24, 2.45) is 0 Å². The molecule has 192 valence electrons. The van der Waals surface area contributed by atoms with Crippen LogP contribution in [-0.4, -0.2) is 87.2 Å². The summed E-state index contributed by atoms with van der Waals surface area (Å²) in [6.45, 7) is 8.98. The monoisotopic (exact) mass is 491 g/mol. The Hall–Kier alpha value is -3.57. The van der Waals surface area contributed by atoms with Gasteiger partial charge in [0, 0.05) is 38.6 Å². The van der Waals surface area contributed by atoms with E-state index in [1.165, 1.54) is 22.3 Å². The number of carbonyl (C=O) groups is 3. The lowest BCUT2D eigenvalue weighted by Crippen LogP contribution is -2.52. The fourth-order valence-corrected chi connectivity index (χ4v) is 3.57. The van der Waals surface area contributed by atoms with Crippen LogP contribution in [0.4, 0.5) is 4.79 Å². The number of methoxy groups -OCH3 is 1. The van der Waals surface area contributed by atoms with Crippen LogP contribution in [0.15, 0.2) is 17.2 Å². The molecule has 0 radical (unpaired) electrons. The van der Waals surface area contributed by atoms with Gasteiger partial charge in [-0.05, 0) is 27.2 Å². The molecular weight excluding hydrogens is 458 g/mol. The van der Waals surface area contributed by atoms with E-state index in [2.05, 4.69) is 4.98 Å². The number of esters is 1. The summed E-state index contributed by atoms with van der Waals surface area (Å²) in [5.41, 5.74) is -1.37. The van der Waals surface area contributed by atoms with Crippen LogP contribution in [0.3, 0.4) is 0 Å². The maximum Gasteiger partial charge on any atom is 0.410 e. The van der Waals surface area contributed by atoms with Crippen LogP contribution in [0, 0.1) is 0 Å². The maximum atomic E-state index is 13.0. The molecule has 0 aliphatic carbocycles. The van der Waals surface area contributed by atoms with E-state index in [0.717, 1.165) is 6.42 Å². The number of hydrogen-bond acceptors (Lipinski definition) is 8. The first kappa shape index (κ1) is 26.0. The minimum absolute atomic E-state index is 0.0912. The van der Waals surface area contributed by atoms with Gasteiger partial charge in [0.05, 0.1) is 13.7 Å². The highest BCUT2D eigenvalue weighted by molar-refractivity contribution is 5.90. The summed E-state index contributed by atoms with van der Waals surface area (Å²) in [7, 11) is 1.20. The van der Waals surface area contributed by atoms with Crippen LogP contribution >= 0.6 is 0 Å². The Morgan fingerprint density at radius 3 is 2.31 bits per heavy atom. The van der Waals surface area contributed by atoms with E-state index in [4.69, 9.17) is 14.2 Å². The summed E-state index contributed by atoms with van der Waals surface area (Å²) in [4.78, 5) is 58.0. The van der Waals surface area contributed by atoms with Crippen molar-refractivity contribution in [3.05, 3.63) is 28.4 Å². The maximum absolute atomic E-state index is 13.0. The number of hydrogen-bond donors (Lipinski definition) is 0. The van der Waals surface area contributed by atoms with Crippen LogP contribution < -0.4 is 10.3 Å². The standard InChI is InChI=1S/C23H33N5O7/c1-6-7-14-34-18-17(20(31)33-5)24-21-27(12-13-28(21)19(18)30)15-16(29)25-8-10-26(11-9-25)22(32)35-23(2,3)4/h12-13H,6-11,14-15H2,1-5H3. The fourth-order valence-electron chi connectivity index (χ4n) is 3.57. The average molecular weight is 492 g/mol. The Bertz CT molecular complexity index is 1140. The number of unbranched alkanes of at least 4 members (excludes halogenated alkanes) is 1. The molecular formula is C23H33N5O7. The Morgan fingerprint density at radius 2 is 1.71 bits per heavy atom. The molecule has 0 spiro atoms. The lowest BCUT2D eigenvalue weighted by Gasteiger charge is -2.35. The van der Waals surface area contributed by atoms with Gasteiger partial charge in [-0.2, -0.15) is 0 Å². The smallest absolute Gasteiger partial charge is 0.410 e. The lowest BCUT2D eigenvalue weighted by atomic mass is 10.2. The van der Waals surface area contributed by atoms with Crippen molar-refractivity contribution in [2.75, 3.05) is 39.9 Å². The number of carbonyl (C=O) groups excluding carboxylic acids is 3. The molecule has 12 heteroatoms. The van der Waals surface area contributed by atoms with Crippen LogP contribution in [-0.2, 0) is 20.8 Å². The van der Waals surface area contributed by atoms with Gasteiger partial charge in [-0.25, -0.2) is 19.0 Å². The van der Waals surface area contributed by atoms with E-state index in [-0.39, 0.29) is 36.3 Å². The Balaban J connectivity index is 1.75. The molecule has 2 aromatic heterocycles. The van der Waals surface area contributed by atoms with Crippen LogP contribution in [0.2, 0.25) is 0 Å². The van der Waals surface area contributed by atoms with E-state index in [0.29, 0.717) is 32.6 Å². The second kappa shape index (κ2) is 10.8. The Kier molecular flexibility index (Phi) is 8.03. The zero-order chi connectivity index (χ0) is 25.8. The number of ether oxygens (including phenoxy) is 3. The topological polar surface area (TPSA) is 125 Å². The van der Waals surface area contributed by atoms with Crippen molar-refractivity contribution < 1.29 is 28.6 Å². The van der Waals surface area contributed by atoms with Gasteiger partial charge in [0.25, 0.3) is 0 Å². The fraction of sp³-hybridized carbons (Fsp3) is 0.609. The number of fused-ring (bicyclic) bond motifs is 1. The molecule has 3 rings (SSSR count). The highest BCUT2D eigenvalue weighted by Gasteiger charge is 2.28. The third kappa shape index (κ3) is 6.11. The SMILES string of the molecule is CCCCOc1c(C(=O)OC)nc2n(CC(=O)N3CCN(C(=O)OC(C)(C)C)CC3)ccn2c1=O. The van der Waals surface area contributed by atoms with E-state index >= 15 is 0 Å². The normalized spacial score (nSPS) is 14.2. The van der Waals surface area contributed by atoms with Gasteiger partial charge < -0.3 is 28.6 Å². The third-order valence-corrected chi connectivity index (χ3v) is 5.42. The van der Waals surface area contributed by atoms with Crippen molar-refractivity contribution in [1.82, 2.24) is 23.8 Å². The first-order valence-corrected chi connectivity index (χ1v) is 11.6. The zero-order valence-electron chi connectivity index (χ0n) is 20.9. The molecule has 0 saturated carbocycles. The zero-order valence-corrected chi connectivity index (χ0v) is 20.9. The molecule has 3 heterocycles. The largest absolute Gasteiger partial charge is 0.486 e. The third-order valence-electron chi connectivity index (χ3n) is 5.42. The minimum Gasteiger partial charge on any atom is -0.486 e. The van der Waals surface area contributed by atoms with E-state index < -0.39 is 23.2 Å². The number of amides is 2. The summed E-state index contributed by atoms with van der Waals surface area (Å²) in [5.74, 6) is -1.05. The predicted molar refractivity (Wildman–Crippen MR) is 126 cm³/mol. The molecule has 0 bridgehead atoms. The molecule has 0 N–H and O–H groups in total. The first-order chi connectivity index (χ1) is 16.6. The van der Waals surface area contributed by atoms with E-state index in [1.807, 2.05) is 6.92 Å². The summed E-state index contributed by atoms with van der Waals surface area (Å²) in [6, 6.07) is 0. The van der Waals surface area contributed by atoms with Crippen molar-refractivity contribution in [3.8, 4) is 5.75 Å². The highest BCUT2D eigenvalue weighted by Crippen LogP contribution is 2.16. The molecule has 0 atom stereocenters. The summed E-state index contributed by atoms with van der Waals surface area (Å²) >= 11 is 0. The lowest BCUT2D eigenvalue weighted by molar-refractivity contribution is -0.133. The van der Waals surface area contributed by atoms with Gasteiger partial charge in [-0.3, -0.25) is 9.59 Å². The van der Waals surface area contributed by atoms with Crippen LogP contribution in [0.5, 0.6) is 5.75 Å². The molecule has 1 aliphatic heterocycles. The average Bonchev–Trinajstić information content (AvgIpc) is 3.21. The Labute approximate surface area is 203 Å². The van der Waals surface area contributed by atoms with Crippen molar-refractivity contribution in [1.29, 1.82) is 0 Å². The van der Waals surface area contributed by atoms with E-state index in [1.54, 1.807) is 36.8 Å². The Morgan fingerprint density at radius 1 is 1.06 bits per heavy atom. The van der Waals surface area contributed by atoms with Crippen molar-refractivity contribution >= 4 is 23.7 Å². The molecule has 2 amide bonds. The molecule has 1 aliphatic rings. The minimum atomic E-state index is -0.798. The number of imidazole rings is 1. The first-order valence-electron chi connectivity index (χ1n) is 11.6. The molecule has 0 aromatic carbocycles. The van der Waals surface area contributed by atoms with Gasteiger partial charge in [-0.15, -0.1) is 0 Å². The van der Waals surface area contributed by atoms with Crippen LogP contribution in [0.1, 0.15) is 51.0 Å². The van der Waals surface area contributed by atoms with Gasteiger partial charge >= 0.3 is 17.6 Å². The molecule has 1 saturated heterocycles. The van der Waals surface area contributed by atoms with Crippen molar-refractivity contribution in [3.63, 3.8) is 0 Å². The second-order valence-electron chi connectivity index (χ2n) is 9.23. The quantitative estimate of drug-likeness (QED) is 0.422. The predicted octanol–water partition coefficient (Wildman–Crippen LogP) is 1.54. The highest BCUT2D eigenvalue weighted by atomic mass is 16.6. The van der Waals surface area contributed by atoms with E-state index in [9.17, 15) is 19.2 Å². The van der Waals surface area contributed by atoms with Crippen LogP contribution in [0.25, 0.3) is 5.78 Å². The van der Waals surface area contributed by atoms with Gasteiger partial charge in [0.15, 0.2) is 5.69 Å². The number of aromatic nitrogens is 3. The number of rotatable bonds is 7. The summed E-state index contributed by atoms with van der Waals surface area (Å²) < 4.78 is 18.5. The molecule has 1 fully saturated rings. The molecule has 35 heavy (non-hydrogen) atoms. The van der Waals surface area contributed by atoms with Gasteiger partial charge in [-0.1, -0.05) is 13.3 Å². The van der Waals surface area contributed by atoms with Gasteiger partial charge in [0.1, 0.15) is 12.1 Å². The van der Waals surface area contributed by atoms with Crippen molar-refractivity contribution in [2.45, 2.75) is 52.7 Å². The number of nitrogens with zero attached hydrogens (tertiary/aromatic N) is 5. The molecule has 0 unspecified atom stereocenters. The molecule has 2 aromatic rings. The summed E-state index contributed by atoms with van der Waals surface area (Å²) in [6.07, 6.45) is 4.19. The summed E-state index contributed by atoms with van der Waals surface area (Å²) in [5, 5.41) is 0. The van der Waals surface area contributed by atoms with Gasteiger partial charge in [0.2, 0.25) is 17.4 Å². The second-order valence-corrected chi connectivity index (χ2v) is 9.23.